The second-order valence-electron chi connectivity index (χ2n) is 4.35. The quantitative estimate of drug-likeness (QED) is 0.624. The zero-order chi connectivity index (χ0) is 12.7. The first-order valence-electron chi connectivity index (χ1n) is 5.26. The third-order valence-electron chi connectivity index (χ3n) is 2.43. The monoisotopic (exact) mass is 242 g/mol. The van der Waals surface area contributed by atoms with Gasteiger partial charge in [0.2, 0.25) is 0 Å². The molecular weight excluding hydrogens is 228 g/mol. The average molecular weight is 242 g/mol. The van der Waals surface area contributed by atoms with Crippen LogP contribution in [-0.2, 0) is 28.5 Å². The minimum Gasteiger partial charge on any atom is -0.423 e. The van der Waals surface area contributed by atoms with Gasteiger partial charge < -0.3 is 18.9 Å². The molecule has 0 radical (unpaired) electrons. The number of ketones is 1. The first-order chi connectivity index (χ1) is 7.85. The highest BCUT2D eigenvalue weighted by Gasteiger charge is 2.55. The molecule has 6 nitrogen and oxygen atoms in total. The first-order valence-corrected chi connectivity index (χ1v) is 5.26. The summed E-state index contributed by atoms with van der Waals surface area (Å²) in [4.78, 5) is 23.0. The normalized spacial score (nSPS) is 31.5. The Morgan fingerprint density at radius 1 is 1.41 bits per heavy atom. The Hall–Kier alpha value is -1.24. The Balaban J connectivity index is 2.21. The molecule has 0 N–H and O–H groups in total. The Bertz CT molecular complexity index is 397. The molecule has 0 bridgehead atoms. The summed E-state index contributed by atoms with van der Waals surface area (Å²) < 4.78 is 20.9. The van der Waals surface area contributed by atoms with E-state index in [2.05, 4.69) is 0 Å². The SMILES string of the molecule is CC(=O)OC1=CCO[C@]2(COC(C)(C)O2)C1=O. The van der Waals surface area contributed by atoms with Gasteiger partial charge in [-0.15, -0.1) is 0 Å². The van der Waals surface area contributed by atoms with Crippen molar-refractivity contribution in [3.63, 3.8) is 0 Å². The number of carbonyl (C=O) groups excluding carboxylic acids is 2. The molecule has 6 heteroatoms. The zero-order valence-corrected chi connectivity index (χ0v) is 9.94. The van der Waals surface area contributed by atoms with Crippen LogP contribution in [0.2, 0.25) is 0 Å². The summed E-state index contributed by atoms with van der Waals surface area (Å²) in [5, 5.41) is 0. The van der Waals surface area contributed by atoms with Crippen LogP contribution in [0.5, 0.6) is 0 Å². The van der Waals surface area contributed by atoms with Crippen molar-refractivity contribution in [2.24, 2.45) is 0 Å². The van der Waals surface area contributed by atoms with Gasteiger partial charge in [-0.05, 0) is 19.9 Å². The van der Waals surface area contributed by atoms with Crippen LogP contribution in [0.4, 0.5) is 0 Å². The molecule has 1 spiro atoms. The van der Waals surface area contributed by atoms with Crippen LogP contribution in [0.1, 0.15) is 20.8 Å². The largest absolute Gasteiger partial charge is 0.423 e. The predicted octanol–water partition coefficient (Wildman–Crippen LogP) is 0.512. The van der Waals surface area contributed by atoms with E-state index in [0.717, 1.165) is 0 Å². The second-order valence-corrected chi connectivity index (χ2v) is 4.35. The van der Waals surface area contributed by atoms with Gasteiger partial charge in [0.15, 0.2) is 11.5 Å². The molecule has 2 aliphatic heterocycles. The molecular formula is C11H14O6. The van der Waals surface area contributed by atoms with Gasteiger partial charge in [0.25, 0.3) is 11.6 Å². The van der Waals surface area contributed by atoms with Gasteiger partial charge in [0.05, 0.1) is 6.61 Å². The van der Waals surface area contributed by atoms with E-state index >= 15 is 0 Å². The van der Waals surface area contributed by atoms with Crippen molar-refractivity contribution in [2.75, 3.05) is 13.2 Å². The molecule has 1 atom stereocenters. The maximum atomic E-state index is 12.1. The molecule has 0 amide bonds. The van der Waals surface area contributed by atoms with E-state index in [0.29, 0.717) is 0 Å². The van der Waals surface area contributed by atoms with Crippen LogP contribution in [0.15, 0.2) is 11.8 Å². The zero-order valence-electron chi connectivity index (χ0n) is 9.94. The van der Waals surface area contributed by atoms with Gasteiger partial charge in [0.1, 0.15) is 6.61 Å². The van der Waals surface area contributed by atoms with E-state index in [4.69, 9.17) is 18.9 Å². The Morgan fingerprint density at radius 2 is 2.12 bits per heavy atom. The van der Waals surface area contributed by atoms with Crippen molar-refractivity contribution >= 4 is 11.8 Å². The number of ether oxygens (including phenoxy) is 4. The lowest BCUT2D eigenvalue weighted by Crippen LogP contribution is -2.49. The van der Waals surface area contributed by atoms with Crippen molar-refractivity contribution in [3.8, 4) is 0 Å². The fourth-order valence-electron chi connectivity index (χ4n) is 1.75. The highest BCUT2D eigenvalue weighted by Crippen LogP contribution is 2.36. The van der Waals surface area contributed by atoms with Gasteiger partial charge in [-0.25, -0.2) is 0 Å². The van der Waals surface area contributed by atoms with Crippen molar-refractivity contribution in [3.05, 3.63) is 11.8 Å². The molecule has 94 valence electrons. The maximum Gasteiger partial charge on any atom is 0.308 e. The molecule has 0 aromatic carbocycles. The smallest absolute Gasteiger partial charge is 0.308 e. The highest BCUT2D eigenvalue weighted by atomic mass is 16.8. The fourth-order valence-corrected chi connectivity index (χ4v) is 1.75. The Morgan fingerprint density at radius 3 is 2.65 bits per heavy atom. The number of hydrogen-bond acceptors (Lipinski definition) is 6. The molecule has 2 rings (SSSR count). The molecule has 0 aromatic rings. The van der Waals surface area contributed by atoms with Crippen molar-refractivity contribution < 1.29 is 28.5 Å². The molecule has 1 saturated heterocycles. The van der Waals surface area contributed by atoms with Crippen molar-refractivity contribution in [1.29, 1.82) is 0 Å². The van der Waals surface area contributed by atoms with Gasteiger partial charge in [-0.3, -0.25) is 9.59 Å². The van der Waals surface area contributed by atoms with E-state index in [1.807, 2.05) is 0 Å². The molecule has 0 unspecified atom stereocenters. The van der Waals surface area contributed by atoms with Crippen LogP contribution in [-0.4, -0.2) is 36.5 Å². The second kappa shape index (κ2) is 3.90. The number of carbonyl (C=O) groups is 2. The lowest BCUT2D eigenvalue weighted by Gasteiger charge is -2.30. The summed E-state index contributed by atoms with van der Waals surface area (Å²) >= 11 is 0. The maximum absolute atomic E-state index is 12.1. The highest BCUT2D eigenvalue weighted by molar-refractivity contribution is 6.01. The molecule has 0 saturated carbocycles. The summed E-state index contributed by atoms with van der Waals surface area (Å²) in [5.41, 5.74) is 0. The van der Waals surface area contributed by atoms with Gasteiger partial charge in [-0.1, -0.05) is 0 Å². The fraction of sp³-hybridized carbons (Fsp3) is 0.636. The number of hydrogen-bond donors (Lipinski definition) is 0. The van der Waals surface area contributed by atoms with E-state index in [-0.39, 0.29) is 19.0 Å². The van der Waals surface area contributed by atoms with E-state index in [1.165, 1.54) is 13.0 Å². The molecule has 17 heavy (non-hydrogen) atoms. The Kier molecular flexibility index (Phi) is 2.81. The third kappa shape index (κ3) is 2.24. The van der Waals surface area contributed by atoms with Gasteiger partial charge in [-0.2, -0.15) is 0 Å². The van der Waals surface area contributed by atoms with Crippen LogP contribution >= 0.6 is 0 Å². The number of esters is 1. The average Bonchev–Trinajstić information content (AvgIpc) is 2.51. The standard InChI is InChI=1S/C11H14O6/c1-7(12)16-8-4-5-14-11(9(8)13)6-15-10(2,3)17-11/h4H,5-6H2,1-3H3/t11-/m0/s1. The molecule has 0 aromatic heterocycles. The van der Waals surface area contributed by atoms with Crippen LogP contribution in [0.25, 0.3) is 0 Å². The van der Waals surface area contributed by atoms with E-state index in [1.54, 1.807) is 13.8 Å². The van der Waals surface area contributed by atoms with Crippen LogP contribution < -0.4 is 0 Å². The summed E-state index contributed by atoms with van der Waals surface area (Å²) in [6.45, 7) is 4.71. The van der Waals surface area contributed by atoms with Gasteiger partial charge >= 0.3 is 5.97 Å². The lowest BCUT2D eigenvalue weighted by molar-refractivity contribution is -0.242. The third-order valence-corrected chi connectivity index (χ3v) is 2.43. The van der Waals surface area contributed by atoms with E-state index < -0.39 is 23.3 Å². The predicted molar refractivity (Wildman–Crippen MR) is 54.7 cm³/mol. The van der Waals surface area contributed by atoms with Crippen LogP contribution in [0.3, 0.4) is 0 Å². The Labute approximate surface area is 98.5 Å². The molecule has 0 aliphatic carbocycles. The summed E-state index contributed by atoms with van der Waals surface area (Å²) in [6.07, 6.45) is 1.41. The topological polar surface area (TPSA) is 71.1 Å². The van der Waals surface area contributed by atoms with Crippen molar-refractivity contribution in [1.82, 2.24) is 0 Å². The number of rotatable bonds is 1. The summed E-state index contributed by atoms with van der Waals surface area (Å²) in [7, 11) is 0. The summed E-state index contributed by atoms with van der Waals surface area (Å²) in [5.74, 6) is -3.51. The molecule has 2 heterocycles. The van der Waals surface area contributed by atoms with Gasteiger partial charge in [0, 0.05) is 6.92 Å². The number of Topliss-reactive ketones (excluding diaryl/α,β-unsaturated/α-hetero) is 1. The summed E-state index contributed by atoms with van der Waals surface area (Å²) in [6, 6.07) is 0. The van der Waals surface area contributed by atoms with Crippen molar-refractivity contribution in [2.45, 2.75) is 32.3 Å². The lowest BCUT2D eigenvalue weighted by atomic mass is 10.1. The van der Waals surface area contributed by atoms with Crippen LogP contribution in [0, 0.1) is 0 Å². The molecule has 2 aliphatic rings. The molecule has 1 fully saturated rings. The van der Waals surface area contributed by atoms with E-state index in [9.17, 15) is 9.59 Å². The first kappa shape index (κ1) is 12.2. The minimum atomic E-state index is -1.48. The minimum absolute atomic E-state index is 0.0164.